The van der Waals surface area contributed by atoms with E-state index in [-0.39, 0.29) is 25.1 Å². The summed E-state index contributed by atoms with van der Waals surface area (Å²) >= 11 is 8.18. The molecule has 3 nitrogen and oxygen atoms in total. The molecule has 0 spiro atoms. The molecule has 1 N–H and O–H groups in total. The monoisotopic (exact) mass is 688 g/mol. The SMILES string of the molecule is Cc1sc(CO)cc1C1=C(c2cc(COC(=O)c3cc(Br)ccc3Br)sc2C)C(F)(F)C(F)(F)C1(F)F. The number of hydrogen-bond acceptors (Lipinski definition) is 5. The number of halogens is 8. The third kappa shape index (κ3) is 4.60. The number of rotatable bonds is 6. The van der Waals surface area contributed by atoms with Crippen LogP contribution in [0.1, 0.15) is 41.0 Å². The van der Waals surface area contributed by atoms with Crippen LogP contribution in [-0.4, -0.2) is 28.8 Å². The van der Waals surface area contributed by atoms with Crippen molar-refractivity contribution in [1.29, 1.82) is 0 Å². The second-order valence-corrected chi connectivity index (χ2v) is 12.6. The van der Waals surface area contributed by atoms with Crippen LogP contribution in [0.2, 0.25) is 0 Å². The van der Waals surface area contributed by atoms with E-state index in [2.05, 4.69) is 31.9 Å². The van der Waals surface area contributed by atoms with Gasteiger partial charge in [0, 0.05) is 39.6 Å². The number of benzene rings is 1. The summed E-state index contributed by atoms with van der Waals surface area (Å²) in [7, 11) is 0. The lowest BCUT2D eigenvalue weighted by Crippen LogP contribution is -2.48. The van der Waals surface area contributed by atoms with Crippen molar-refractivity contribution < 1.29 is 41.0 Å². The maximum Gasteiger partial charge on any atom is 0.380 e. The molecule has 0 bridgehead atoms. The Morgan fingerprint density at radius 2 is 1.41 bits per heavy atom. The number of carbonyl (C=O) groups excluding carboxylic acids is 1. The van der Waals surface area contributed by atoms with Crippen LogP contribution in [-0.2, 0) is 18.0 Å². The molecule has 0 amide bonds. The number of aliphatic hydroxyl groups is 1. The van der Waals surface area contributed by atoms with Crippen LogP contribution in [0.4, 0.5) is 26.3 Å². The number of alkyl halides is 6. The first-order valence-corrected chi connectivity index (χ1v) is 13.7. The van der Waals surface area contributed by atoms with E-state index in [1.54, 1.807) is 12.1 Å². The number of ether oxygens (including phenoxy) is 1. The molecule has 1 aliphatic carbocycles. The van der Waals surface area contributed by atoms with E-state index in [1.807, 2.05) is 0 Å². The average molecular weight is 690 g/mol. The van der Waals surface area contributed by atoms with E-state index in [1.165, 1.54) is 19.9 Å². The van der Waals surface area contributed by atoms with E-state index < -0.39 is 59.2 Å². The number of aryl methyl sites for hydroxylation is 2. The lowest BCUT2D eigenvalue weighted by molar-refractivity contribution is -0.254. The highest BCUT2D eigenvalue weighted by atomic mass is 79.9. The van der Waals surface area contributed by atoms with Crippen LogP contribution < -0.4 is 0 Å². The minimum absolute atomic E-state index is 0.0747. The maximum atomic E-state index is 15.1. The van der Waals surface area contributed by atoms with Crippen LogP contribution in [0.3, 0.4) is 0 Å². The Bertz CT molecular complexity index is 1430. The molecule has 13 heteroatoms. The van der Waals surface area contributed by atoms with Crippen molar-refractivity contribution in [1.82, 2.24) is 0 Å². The normalized spacial score (nSPS) is 17.9. The van der Waals surface area contributed by atoms with Crippen molar-refractivity contribution in [3.63, 3.8) is 0 Å². The maximum absolute atomic E-state index is 15.1. The van der Waals surface area contributed by atoms with Gasteiger partial charge in [-0.1, -0.05) is 15.9 Å². The fourth-order valence-electron chi connectivity index (χ4n) is 4.03. The van der Waals surface area contributed by atoms with Crippen LogP contribution >= 0.6 is 54.5 Å². The zero-order valence-electron chi connectivity index (χ0n) is 18.9. The molecule has 2 heterocycles. The van der Waals surface area contributed by atoms with Gasteiger partial charge in [0.15, 0.2) is 0 Å². The molecule has 198 valence electrons. The summed E-state index contributed by atoms with van der Waals surface area (Å²) in [5.74, 6) is -16.8. The van der Waals surface area contributed by atoms with Gasteiger partial charge in [-0.2, -0.15) is 26.3 Å². The number of thiophene rings is 2. The number of allylic oxidation sites excluding steroid dienone is 2. The van der Waals surface area contributed by atoms with Gasteiger partial charge < -0.3 is 9.84 Å². The molecule has 0 unspecified atom stereocenters. The number of aliphatic hydroxyl groups excluding tert-OH is 1. The van der Waals surface area contributed by atoms with Gasteiger partial charge in [-0.05, 0) is 71.2 Å². The standard InChI is InChI=1S/C24H16Br2F6O3S2/c1-10-15(6-13(8-33)36-10)19-20(23(29,30)24(31,32)22(19,27)28)16-7-14(37-11(16)2)9-35-21(34)17-5-12(25)3-4-18(17)26/h3-7,33H,8-9H2,1-2H3. The molecular weight excluding hydrogens is 674 g/mol. The number of hydrogen-bond donors (Lipinski definition) is 1. The second kappa shape index (κ2) is 9.82. The van der Waals surface area contributed by atoms with Gasteiger partial charge in [0.2, 0.25) is 0 Å². The van der Waals surface area contributed by atoms with Gasteiger partial charge in [-0.3, -0.25) is 0 Å². The minimum Gasteiger partial charge on any atom is -0.456 e. The smallest absolute Gasteiger partial charge is 0.380 e. The molecule has 0 radical (unpaired) electrons. The van der Waals surface area contributed by atoms with Gasteiger partial charge >= 0.3 is 23.7 Å². The van der Waals surface area contributed by atoms with Crippen molar-refractivity contribution >= 4 is 71.6 Å². The molecule has 0 saturated carbocycles. The first-order chi connectivity index (χ1) is 17.1. The quantitative estimate of drug-likeness (QED) is 0.208. The molecule has 1 aromatic carbocycles. The summed E-state index contributed by atoms with van der Waals surface area (Å²) in [6.45, 7) is 1.72. The molecular formula is C24H16Br2F6O3S2. The van der Waals surface area contributed by atoms with Gasteiger partial charge in [-0.15, -0.1) is 22.7 Å². The van der Waals surface area contributed by atoms with E-state index in [4.69, 9.17) is 4.74 Å². The first-order valence-electron chi connectivity index (χ1n) is 10.4. The van der Waals surface area contributed by atoms with Gasteiger partial charge in [0.05, 0.1) is 12.2 Å². The largest absolute Gasteiger partial charge is 0.456 e. The highest BCUT2D eigenvalue weighted by Gasteiger charge is 2.80. The van der Waals surface area contributed by atoms with E-state index >= 15 is 17.6 Å². The van der Waals surface area contributed by atoms with Gasteiger partial charge in [-0.25, -0.2) is 4.79 Å². The predicted molar refractivity (Wildman–Crippen MR) is 137 cm³/mol. The molecule has 4 rings (SSSR count). The minimum atomic E-state index is -5.69. The summed E-state index contributed by atoms with van der Waals surface area (Å²) < 4.78 is 95.7. The van der Waals surface area contributed by atoms with Crippen LogP contribution in [0.15, 0.2) is 39.3 Å². The molecule has 0 fully saturated rings. The second-order valence-electron chi connectivity index (χ2n) is 8.20. The molecule has 0 aliphatic heterocycles. The van der Waals surface area contributed by atoms with E-state index in [9.17, 15) is 18.7 Å². The zero-order chi connectivity index (χ0) is 27.5. The van der Waals surface area contributed by atoms with Crippen molar-refractivity contribution in [3.8, 4) is 0 Å². The molecule has 0 saturated heterocycles. The Morgan fingerprint density at radius 1 is 0.892 bits per heavy atom. The third-order valence-corrected chi connectivity index (χ3v) is 9.04. The van der Waals surface area contributed by atoms with Gasteiger partial charge in [0.1, 0.15) is 6.61 Å². The molecule has 2 aromatic heterocycles. The zero-order valence-corrected chi connectivity index (χ0v) is 23.7. The lowest BCUT2D eigenvalue weighted by atomic mass is 9.95. The summed E-state index contributed by atoms with van der Waals surface area (Å²) in [4.78, 5) is 13.0. The fraction of sp³-hybridized carbons (Fsp3) is 0.292. The van der Waals surface area contributed by atoms with Crippen LogP contribution in [0.5, 0.6) is 0 Å². The summed E-state index contributed by atoms with van der Waals surface area (Å²) in [6.07, 6.45) is 0. The summed E-state index contributed by atoms with van der Waals surface area (Å²) in [5, 5.41) is 9.37. The predicted octanol–water partition coefficient (Wildman–Crippen LogP) is 8.63. The highest BCUT2D eigenvalue weighted by Crippen LogP contribution is 2.65. The Balaban J connectivity index is 1.78. The molecule has 3 aromatic rings. The van der Waals surface area contributed by atoms with E-state index in [0.717, 1.165) is 34.8 Å². The lowest BCUT2D eigenvalue weighted by Gasteiger charge is -2.25. The molecule has 37 heavy (non-hydrogen) atoms. The Labute approximate surface area is 232 Å². The van der Waals surface area contributed by atoms with Gasteiger partial charge in [0.25, 0.3) is 0 Å². The topological polar surface area (TPSA) is 46.5 Å². The Morgan fingerprint density at radius 3 is 1.92 bits per heavy atom. The molecule has 0 atom stereocenters. The van der Waals surface area contributed by atoms with Crippen molar-refractivity contribution in [2.45, 2.75) is 44.8 Å². The highest BCUT2D eigenvalue weighted by molar-refractivity contribution is 9.11. The van der Waals surface area contributed by atoms with Crippen LogP contribution in [0, 0.1) is 13.8 Å². The number of carbonyl (C=O) groups is 1. The van der Waals surface area contributed by atoms with Crippen molar-refractivity contribution in [2.75, 3.05) is 0 Å². The first kappa shape index (κ1) is 28.3. The number of esters is 1. The Hall–Kier alpha value is -1.67. The average Bonchev–Trinajstić information content (AvgIpc) is 3.40. The van der Waals surface area contributed by atoms with Crippen LogP contribution in [0.25, 0.3) is 11.1 Å². The fourth-order valence-corrected chi connectivity index (χ4v) is 6.67. The van der Waals surface area contributed by atoms with Crippen molar-refractivity contribution in [2.24, 2.45) is 0 Å². The van der Waals surface area contributed by atoms with E-state index in [0.29, 0.717) is 8.95 Å². The third-order valence-electron chi connectivity index (χ3n) is 5.79. The van der Waals surface area contributed by atoms with Crippen molar-refractivity contribution in [3.05, 3.63) is 75.5 Å². The Kier molecular flexibility index (Phi) is 7.52. The molecule has 1 aliphatic rings. The summed E-state index contributed by atoms with van der Waals surface area (Å²) in [5.41, 5.74) is -3.72. The summed E-state index contributed by atoms with van der Waals surface area (Å²) in [6, 6.07) is 6.90.